The molecule has 1 aromatic heterocycles. The number of rotatable bonds is 7. The first-order chi connectivity index (χ1) is 12.1. The van der Waals surface area contributed by atoms with E-state index in [-0.39, 0.29) is 30.0 Å². The number of halogens is 1. The number of aromatic nitrogens is 1. The summed E-state index contributed by atoms with van der Waals surface area (Å²) in [5.41, 5.74) is 0.368. The Kier molecular flexibility index (Phi) is 11.4. The predicted molar refractivity (Wildman–Crippen MR) is 118 cm³/mol. The van der Waals surface area contributed by atoms with E-state index in [0.717, 1.165) is 24.3 Å². The fourth-order valence-corrected chi connectivity index (χ4v) is 2.26. The summed E-state index contributed by atoms with van der Waals surface area (Å²) in [6, 6.07) is -0.0559. The van der Waals surface area contributed by atoms with Crippen LogP contribution in [0.15, 0.2) is 9.41 Å². The van der Waals surface area contributed by atoms with Crippen LogP contribution in [-0.4, -0.2) is 42.3 Å². The lowest BCUT2D eigenvalue weighted by molar-refractivity contribution is 0.0502. The Hall–Kier alpha value is -1.52. The number of hydrogen-bond acceptors (Lipinski definition) is 5. The molecule has 0 saturated carbocycles. The van der Waals surface area contributed by atoms with Crippen molar-refractivity contribution in [3.8, 4) is 0 Å². The highest BCUT2D eigenvalue weighted by Gasteiger charge is 2.19. The van der Waals surface area contributed by atoms with E-state index in [1.54, 1.807) is 7.05 Å². The third-order valence-corrected chi connectivity index (χ3v) is 3.58. The fourth-order valence-electron chi connectivity index (χ4n) is 2.26. The maximum atomic E-state index is 12.0. The third kappa shape index (κ3) is 10.4. The number of carbonyl (C=O) groups excluding carboxylic acids is 1. The number of aliphatic imine (C=N–C) groups is 1. The van der Waals surface area contributed by atoms with Crippen molar-refractivity contribution in [1.82, 2.24) is 20.9 Å². The van der Waals surface area contributed by atoms with Crippen LogP contribution in [-0.2, 0) is 11.3 Å². The normalized spacial score (nSPS) is 12.8. The van der Waals surface area contributed by atoms with Crippen LogP contribution >= 0.6 is 24.0 Å². The summed E-state index contributed by atoms with van der Waals surface area (Å²) < 4.78 is 10.9. The van der Waals surface area contributed by atoms with Gasteiger partial charge in [0.1, 0.15) is 11.4 Å². The largest absolute Gasteiger partial charge is 0.444 e. The van der Waals surface area contributed by atoms with Crippen LogP contribution in [0, 0.1) is 13.8 Å². The van der Waals surface area contributed by atoms with Crippen molar-refractivity contribution in [1.29, 1.82) is 0 Å². The Morgan fingerprint density at radius 2 is 1.96 bits per heavy atom. The molecule has 0 bridgehead atoms. The number of hydrogen-bond donors (Lipinski definition) is 3. The van der Waals surface area contributed by atoms with Gasteiger partial charge in [0, 0.05) is 19.6 Å². The van der Waals surface area contributed by atoms with E-state index >= 15 is 0 Å². The Morgan fingerprint density at radius 1 is 1.30 bits per heavy atom. The number of amides is 1. The molecule has 0 radical (unpaired) electrons. The minimum absolute atomic E-state index is 0. The van der Waals surface area contributed by atoms with E-state index in [0.29, 0.717) is 24.9 Å². The Labute approximate surface area is 179 Å². The molecule has 1 unspecified atom stereocenters. The second-order valence-corrected chi connectivity index (χ2v) is 7.19. The molecular weight excluding hydrogens is 461 g/mol. The summed E-state index contributed by atoms with van der Waals surface area (Å²) in [4.78, 5) is 20.5. The van der Waals surface area contributed by atoms with Crippen LogP contribution in [0.4, 0.5) is 4.79 Å². The van der Waals surface area contributed by atoms with Crippen LogP contribution in [0.25, 0.3) is 0 Å². The van der Waals surface area contributed by atoms with Crippen LogP contribution in [0.2, 0.25) is 0 Å². The molecule has 1 aromatic rings. The second-order valence-electron chi connectivity index (χ2n) is 7.19. The van der Waals surface area contributed by atoms with Crippen molar-refractivity contribution < 1.29 is 13.9 Å². The van der Waals surface area contributed by atoms with E-state index in [2.05, 4.69) is 32.9 Å². The van der Waals surface area contributed by atoms with E-state index in [9.17, 15) is 4.79 Å². The van der Waals surface area contributed by atoms with Crippen LogP contribution in [0.1, 0.15) is 57.9 Å². The van der Waals surface area contributed by atoms with Gasteiger partial charge in [0.15, 0.2) is 5.96 Å². The summed E-state index contributed by atoms with van der Waals surface area (Å²) in [5.74, 6) is 2.04. The Balaban J connectivity index is 0.00000676. The molecule has 0 saturated heterocycles. The third-order valence-electron chi connectivity index (χ3n) is 3.58. The van der Waals surface area contributed by atoms with E-state index in [4.69, 9.17) is 9.15 Å². The molecule has 0 aliphatic rings. The van der Waals surface area contributed by atoms with Gasteiger partial charge in [-0.05, 0) is 41.0 Å². The first kappa shape index (κ1) is 25.5. The first-order valence-corrected chi connectivity index (χ1v) is 9.01. The summed E-state index contributed by atoms with van der Waals surface area (Å²) >= 11 is 0. The lowest BCUT2D eigenvalue weighted by Gasteiger charge is -2.24. The predicted octanol–water partition coefficient (Wildman–Crippen LogP) is 3.27. The van der Waals surface area contributed by atoms with Gasteiger partial charge < -0.3 is 25.1 Å². The molecule has 3 N–H and O–H groups in total. The number of aryl methyl sites for hydroxylation is 2. The Bertz CT molecular complexity index is 591. The molecule has 1 amide bonds. The van der Waals surface area contributed by atoms with Crippen LogP contribution in [0.5, 0.6) is 0 Å². The number of ether oxygens (including phenoxy) is 1. The monoisotopic (exact) mass is 495 g/mol. The maximum absolute atomic E-state index is 12.0. The van der Waals surface area contributed by atoms with Crippen LogP contribution < -0.4 is 16.0 Å². The lowest BCUT2D eigenvalue weighted by atomic mass is 10.1. The number of alkyl carbamates (subject to hydrolysis) is 1. The Morgan fingerprint density at radius 3 is 2.44 bits per heavy atom. The highest BCUT2D eigenvalue weighted by Crippen LogP contribution is 2.08. The lowest BCUT2D eigenvalue weighted by Crippen LogP contribution is -2.48. The summed E-state index contributed by atoms with van der Waals surface area (Å²) in [7, 11) is 1.69. The summed E-state index contributed by atoms with van der Waals surface area (Å²) in [6.07, 6.45) is 1.37. The second kappa shape index (κ2) is 12.0. The zero-order chi connectivity index (χ0) is 19.7. The van der Waals surface area contributed by atoms with Crippen molar-refractivity contribution >= 4 is 36.0 Å². The highest BCUT2D eigenvalue weighted by molar-refractivity contribution is 14.0. The summed E-state index contributed by atoms with van der Waals surface area (Å²) in [6.45, 7) is 12.4. The van der Waals surface area contributed by atoms with Gasteiger partial charge in [-0.15, -0.1) is 24.0 Å². The van der Waals surface area contributed by atoms with Crippen molar-refractivity contribution in [2.45, 2.75) is 72.6 Å². The highest BCUT2D eigenvalue weighted by atomic mass is 127. The van der Waals surface area contributed by atoms with Gasteiger partial charge in [0.25, 0.3) is 0 Å². The maximum Gasteiger partial charge on any atom is 0.407 e. The van der Waals surface area contributed by atoms with Gasteiger partial charge in [-0.1, -0.05) is 13.3 Å². The van der Waals surface area contributed by atoms with E-state index in [1.807, 2.05) is 34.6 Å². The molecule has 1 rings (SSSR count). The zero-order valence-electron chi connectivity index (χ0n) is 17.4. The molecular formula is C18H34IN5O3. The van der Waals surface area contributed by atoms with Crippen molar-refractivity contribution in [2.75, 3.05) is 13.6 Å². The zero-order valence-corrected chi connectivity index (χ0v) is 19.8. The SMILES string of the molecule is CCCC(CNC(=NC)NCc1nc(C)c(C)o1)NC(=O)OC(C)(C)C.I. The molecule has 8 nitrogen and oxygen atoms in total. The number of oxazole rings is 1. The number of nitrogens with zero attached hydrogens (tertiary/aromatic N) is 2. The van der Waals surface area contributed by atoms with Gasteiger partial charge >= 0.3 is 6.09 Å². The fraction of sp³-hybridized carbons (Fsp3) is 0.722. The molecule has 0 aliphatic heterocycles. The molecule has 1 atom stereocenters. The molecule has 156 valence electrons. The number of guanidine groups is 1. The molecule has 0 aliphatic carbocycles. The summed E-state index contributed by atoms with van der Waals surface area (Å²) in [5, 5.41) is 9.27. The minimum Gasteiger partial charge on any atom is -0.444 e. The van der Waals surface area contributed by atoms with Crippen molar-refractivity contribution in [3.63, 3.8) is 0 Å². The molecule has 9 heteroatoms. The molecule has 27 heavy (non-hydrogen) atoms. The standard InChI is InChI=1S/C18H33N5O3.HI/c1-8-9-14(23-17(24)26-18(4,5)6)10-20-16(19-7)21-11-15-22-12(2)13(3)25-15;/h14H,8-11H2,1-7H3,(H,23,24)(H2,19,20,21);1H. The van der Waals surface area contributed by atoms with Gasteiger partial charge in [0.05, 0.1) is 12.2 Å². The molecule has 1 heterocycles. The van der Waals surface area contributed by atoms with Crippen molar-refractivity contribution in [3.05, 3.63) is 17.3 Å². The van der Waals surface area contributed by atoms with Crippen molar-refractivity contribution in [2.24, 2.45) is 4.99 Å². The van der Waals surface area contributed by atoms with Gasteiger partial charge in [-0.25, -0.2) is 9.78 Å². The average molecular weight is 495 g/mol. The molecule has 0 fully saturated rings. The molecule has 0 aromatic carbocycles. The van der Waals surface area contributed by atoms with Gasteiger partial charge in [-0.2, -0.15) is 0 Å². The van der Waals surface area contributed by atoms with Crippen LogP contribution in [0.3, 0.4) is 0 Å². The number of nitrogens with one attached hydrogen (secondary N) is 3. The topological polar surface area (TPSA) is 101 Å². The van der Waals surface area contributed by atoms with Gasteiger partial charge in [0.2, 0.25) is 5.89 Å². The average Bonchev–Trinajstić information content (AvgIpc) is 2.84. The minimum atomic E-state index is -0.516. The van der Waals surface area contributed by atoms with Gasteiger partial charge in [-0.3, -0.25) is 4.99 Å². The van der Waals surface area contributed by atoms with E-state index < -0.39 is 11.7 Å². The molecule has 0 spiro atoms. The smallest absolute Gasteiger partial charge is 0.407 e. The van der Waals surface area contributed by atoms with E-state index in [1.165, 1.54) is 0 Å². The number of carbonyl (C=O) groups is 1. The first-order valence-electron chi connectivity index (χ1n) is 9.01. The quantitative estimate of drug-likeness (QED) is 0.305.